The Balaban J connectivity index is 1.98. The fourth-order valence-corrected chi connectivity index (χ4v) is 2.38. The molecule has 3 nitrogen and oxygen atoms in total. The zero-order chi connectivity index (χ0) is 14.8. The van der Waals surface area contributed by atoms with Crippen molar-refractivity contribution in [2.75, 3.05) is 6.54 Å². The maximum atomic E-state index is 11.9. The van der Waals surface area contributed by atoms with Crippen molar-refractivity contribution in [2.24, 2.45) is 5.73 Å². The van der Waals surface area contributed by atoms with Gasteiger partial charge in [0, 0.05) is 5.92 Å². The van der Waals surface area contributed by atoms with Crippen molar-refractivity contribution < 1.29 is 9.53 Å². The summed E-state index contributed by atoms with van der Waals surface area (Å²) in [6.07, 6.45) is 2.95. The summed E-state index contributed by atoms with van der Waals surface area (Å²) in [6, 6.07) is 8.56. The van der Waals surface area contributed by atoms with Crippen molar-refractivity contribution >= 4 is 5.97 Å². The van der Waals surface area contributed by atoms with Gasteiger partial charge < -0.3 is 10.5 Å². The SMILES string of the molecule is CC(C)(C)OC(=O)CC(CN)c1ccc(C2CC2)cc1. The Kier molecular flexibility index (Phi) is 4.48. The molecule has 1 saturated carbocycles. The van der Waals surface area contributed by atoms with Crippen LogP contribution in [0.25, 0.3) is 0 Å². The molecule has 3 heteroatoms. The summed E-state index contributed by atoms with van der Waals surface area (Å²) in [5, 5.41) is 0. The minimum absolute atomic E-state index is 0.0399. The number of hydrogen-bond acceptors (Lipinski definition) is 3. The molecule has 0 saturated heterocycles. The van der Waals surface area contributed by atoms with Gasteiger partial charge in [0.05, 0.1) is 6.42 Å². The Hall–Kier alpha value is -1.35. The molecule has 1 fully saturated rings. The fourth-order valence-electron chi connectivity index (χ4n) is 2.38. The van der Waals surface area contributed by atoms with Gasteiger partial charge in [-0.15, -0.1) is 0 Å². The molecular weight excluding hydrogens is 250 g/mol. The van der Waals surface area contributed by atoms with Crippen LogP contribution in [0, 0.1) is 0 Å². The van der Waals surface area contributed by atoms with E-state index in [2.05, 4.69) is 24.3 Å². The first-order valence-corrected chi connectivity index (χ1v) is 7.41. The van der Waals surface area contributed by atoms with Gasteiger partial charge in [-0.2, -0.15) is 0 Å². The molecule has 0 spiro atoms. The third-order valence-electron chi connectivity index (χ3n) is 3.57. The molecule has 1 aliphatic rings. The molecule has 0 heterocycles. The summed E-state index contributed by atoms with van der Waals surface area (Å²) in [5.41, 5.74) is 7.91. The van der Waals surface area contributed by atoms with Crippen LogP contribution in [-0.2, 0) is 9.53 Å². The minimum Gasteiger partial charge on any atom is -0.460 e. The van der Waals surface area contributed by atoms with Gasteiger partial charge in [-0.3, -0.25) is 4.79 Å². The number of carbonyl (C=O) groups is 1. The first-order chi connectivity index (χ1) is 9.39. The van der Waals surface area contributed by atoms with E-state index >= 15 is 0 Å². The molecular formula is C17H25NO2. The van der Waals surface area contributed by atoms with E-state index in [0.717, 1.165) is 11.5 Å². The maximum Gasteiger partial charge on any atom is 0.306 e. The molecule has 1 aliphatic carbocycles. The van der Waals surface area contributed by atoms with E-state index in [0.29, 0.717) is 13.0 Å². The lowest BCUT2D eigenvalue weighted by Crippen LogP contribution is -2.26. The van der Waals surface area contributed by atoms with Gasteiger partial charge in [-0.1, -0.05) is 24.3 Å². The lowest BCUT2D eigenvalue weighted by molar-refractivity contribution is -0.155. The summed E-state index contributed by atoms with van der Waals surface area (Å²) in [4.78, 5) is 11.9. The van der Waals surface area contributed by atoms with E-state index in [1.54, 1.807) is 0 Å². The highest BCUT2D eigenvalue weighted by atomic mass is 16.6. The molecule has 1 unspecified atom stereocenters. The molecule has 1 aromatic rings. The van der Waals surface area contributed by atoms with Crippen LogP contribution >= 0.6 is 0 Å². The molecule has 1 aromatic carbocycles. The molecule has 110 valence electrons. The molecule has 0 bridgehead atoms. The summed E-state index contributed by atoms with van der Waals surface area (Å²) >= 11 is 0. The quantitative estimate of drug-likeness (QED) is 0.838. The van der Waals surface area contributed by atoms with Gasteiger partial charge in [0.1, 0.15) is 5.60 Å². The van der Waals surface area contributed by atoms with Crippen molar-refractivity contribution in [2.45, 2.75) is 57.5 Å². The average Bonchev–Trinajstić information content (AvgIpc) is 3.18. The van der Waals surface area contributed by atoms with E-state index in [4.69, 9.17) is 10.5 Å². The van der Waals surface area contributed by atoms with Crippen LogP contribution in [0.3, 0.4) is 0 Å². The maximum absolute atomic E-state index is 11.9. The minimum atomic E-state index is -0.438. The van der Waals surface area contributed by atoms with Crippen molar-refractivity contribution in [3.8, 4) is 0 Å². The second-order valence-electron chi connectivity index (χ2n) is 6.66. The Morgan fingerprint density at radius 3 is 2.35 bits per heavy atom. The number of benzene rings is 1. The van der Waals surface area contributed by atoms with Crippen LogP contribution in [0.1, 0.15) is 63.0 Å². The van der Waals surface area contributed by atoms with Crippen molar-refractivity contribution in [1.29, 1.82) is 0 Å². The van der Waals surface area contributed by atoms with Crippen molar-refractivity contribution in [3.05, 3.63) is 35.4 Å². The van der Waals surface area contributed by atoms with Crippen LogP contribution in [0.2, 0.25) is 0 Å². The first-order valence-electron chi connectivity index (χ1n) is 7.41. The predicted octanol–water partition coefficient (Wildman–Crippen LogP) is 3.34. The van der Waals surface area contributed by atoms with Gasteiger partial charge in [0.15, 0.2) is 0 Å². The zero-order valence-electron chi connectivity index (χ0n) is 12.7. The summed E-state index contributed by atoms with van der Waals surface area (Å²) < 4.78 is 5.37. The highest BCUT2D eigenvalue weighted by Gasteiger charge is 2.24. The highest BCUT2D eigenvalue weighted by Crippen LogP contribution is 2.40. The van der Waals surface area contributed by atoms with Gasteiger partial charge in [0.25, 0.3) is 0 Å². The standard InChI is InChI=1S/C17H25NO2/c1-17(2,3)20-16(19)10-15(11-18)14-8-6-13(7-9-14)12-4-5-12/h6-9,12,15H,4-5,10-11,18H2,1-3H3. The topological polar surface area (TPSA) is 52.3 Å². The second kappa shape index (κ2) is 5.96. The number of esters is 1. The van der Waals surface area contributed by atoms with E-state index in [1.165, 1.54) is 18.4 Å². The third kappa shape index (κ3) is 4.34. The van der Waals surface area contributed by atoms with E-state index in [1.807, 2.05) is 20.8 Å². The summed E-state index contributed by atoms with van der Waals surface area (Å²) in [6.45, 7) is 6.11. The van der Waals surface area contributed by atoms with Gasteiger partial charge in [-0.25, -0.2) is 0 Å². The number of hydrogen-bond donors (Lipinski definition) is 1. The Morgan fingerprint density at radius 1 is 1.30 bits per heavy atom. The Bertz CT molecular complexity index is 455. The van der Waals surface area contributed by atoms with Crippen LogP contribution in [0.5, 0.6) is 0 Å². The second-order valence-corrected chi connectivity index (χ2v) is 6.66. The largest absolute Gasteiger partial charge is 0.460 e. The number of ether oxygens (including phenoxy) is 1. The molecule has 2 rings (SSSR count). The van der Waals surface area contributed by atoms with Gasteiger partial charge >= 0.3 is 5.97 Å². The molecule has 2 N–H and O–H groups in total. The lowest BCUT2D eigenvalue weighted by Gasteiger charge is -2.22. The van der Waals surface area contributed by atoms with Crippen LogP contribution < -0.4 is 5.73 Å². The smallest absolute Gasteiger partial charge is 0.306 e. The van der Waals surface area contributed by atoms with Crippen LogP contribution in [0.4, 0.5) is 0 Å². The van der Waals surface area contributed by atoms with Gasteiger partial charge in [0.2, 0.25) is 0 Å². The average molecular weight is 275 g/mol. The predicted molar refractivity (Wildman–Crippen MR) is 80.7 cm³/mol. The molecule has 0 aliphatic heterocycles. The summed E-state index contributed by atoms with van der Waals surface area (Å²) in [5.74, 6) is 0.614. The summed E-state index contributed by atoms with van der Waals surface area (Å²) in [7, 11) is 0. The molecule has 1 atom stereocenters. The first kappa shape index (κ1) is 15.0. The molecule has 0 aromatic heterocycles. The van der Waals surface area contributed by atoms with Crippen LogP contribution in [-0.4, -0.2) is 18.1 Å². The molecule has 0 radical (unpaired) electrons. The van der Waals surface area contributed by atoms with Crippen molar-refractivity contribution in [1.82, 2.24) is 0 Å². The molecule has 0 amide bonds. The number of rotatable bonds is 5. The Morgan fingerprint density at radius 2 is 1.90 bits per heavy atom. The number of carbonyl (C=O) groups excluding carboxylic acids is 1. The van der Waals surface area contributed by atoms with Gasteiger partial charge in [-0.05, 0) is 57.2 Å². The van der Waals surface area contributed by atoms with Crippen LogP contribution in [0.15, 0.2) is 24.3 Å². The number of nitrogens with two attached hydrogens (primary N) is 1. The molecule has 20 heavy (non-hydrogen) atoms. The van der Waals surface area contributed by atoms with Crippen molar-refractivity contribution in [3.63, 3.8) is 0 Å². The van der Waals surface area contributed by atoms with E-state index in [-0.39, 0.29) is 11.9 Å². The van der Waals surface area contributed by atoms with E-state index in [9.17, 15) is 4.79 Å². The highest BCUT2D eigenvalue weighted by molar-refractivity contribution is 5.71. The fraction of sp³-hybridized carbons (Fsp3) is 0.588. The third-order valence-corrected chi connectivity index (χ3v) is 3.57. The Labute approximate surface area is 121 Å². The lowest BCUT2D eigenvalue weighted by atomic mass is 9.94. The van der Waals surface area contributed by atoms with E-state index < -0.39 is 5.60 Å². The normalized spacial score (nSPS) is 16.8. The zero-order valence-corrected chi connectivity index (χ0v) is 12.7. The monoisotopic (exact) mass is 275 g/mol.